The third kappa shape index (κ3) is 3.04. The lowest BCUT2D eigenvalue weighted by molar-refractivity contribution is 0.122. The lowest BCUT2D eigenvalue weighted by atomic mass is 9.87. The minimum Gasteiger partial charge on any atom is -0.378 e. The summed E-state index contributed by atoms with van der Waals surface area (Å²) in [6, 6.07) is 9.58. The Balaban J connectivity index is 1.47. The molecule has 24 heavy (non-hydrogen) atoms. The summed E-state index contributed by atoms with van der Waals surface area (Å²) in [6.07, 6.45) is 5.03. The van der Waals surface area contributed by atoms with Crippen molar-refractivity contribution in [2.45, 2.75) is 45.6 Å². The molecule has 0 radical (unpaired) electrons. The van der Waals surface area contributed by atoms with Crippen LogP contribution in [0.3, 0.4) is 0 Å². The molecule has 1 unspecified atom stereocenters. The highest BCUT2D eigenvalue weighted by atomic mass is 16.5. The highest BCUT2D eigenvalue weighted by Gasteiger charge is 2.39. The van der Waals surface area contributed by atoms with Crippen LogP contribution in [0.15, 0.2) is 29.4 Å². The monoisotopic (exact) mass is 327 g/mol. The van der Waals surface area contributed by atoms with Crippen LogP contribution in [0.2, 0.25) is 0 Å². The first-order chi connectivity index (χ1) is 11.6. The number of nitrogens with zero attached hydrogens (tertiary/aromatic N) is 3. The third-order valence-corrected chi connectivity index (χ3v) is 5.96. The number of benzene rings is 1. The van der Waals surface area contributed by atoms with Crippen molar-refractivity contribution in [3.05, 3.63) is 29.8 Å². The molecule has 0 aromatic heterocycles. The number of ether oxygens (including phenoxy) is 1. The van der Waals surface area contributed by atoms with Gasteiger partial charge in [0, 0.05) is 31.7 Å². The van der Waals surface area contributed by atoms with E-state index in [0.717, 1.165) is 39.3 Å². The van der Waals surface area contributed by atoms with Gasteiger partial charge in [-0.3, -0.25) is 5.01 Å². The van der Waals surface area contributed by atoms with E-state index < -0.39 is 0 Å². The van der Waals surface area contributed by atoms with Crippen LogP contribution >= 0.6 is 0 Å². The molecule has 1 aromatic rings. The molecular weight excluding hydrogens is 298 g/mol. The van der Waals surface area contributed by atoms with Gasteiger partial charge in [-0.25, -0.2) is 0 Å². The minimum atomic E-state index is 0.402. The molecule has 0 bridgehead atoms. The fourth-order valence-electron chi connectivity index (χ4n) is 4.45. The van der Waals surface area contributed by atoms with Gasteiger partial charge in [0.2, 0.25) is 0 Å². The topological polar surface area (TPSA) is 28.1 Å². The van der Waals surface area contributed by atoms with Crippen molar-refractivity contribution in [2.75, 3.05) is 37.7 Å². The quantitative estimate of drug-likeness (QED) is 0.850. The fraction of sp³-hybridized carbons (Fsp3) is 0.650. The normalized spacial score (nSPS) is 26.8. The highest BCUT2D eigenvalue weighted by molar-refractivity contribution is 6.01. The van der Waals surface area contributed by atoms with Crippen molar-refractivity contribution < 1.29 is 4.74 Å². The average molecular weight is 327 g/mol. The summed E-state index contributed by atoms with van der Waals surface area (Å²) in [6.45, 7) is 9.52. The van der Waals surface area contributed by atoms with E-state index in [-0.39, 0.29) is 0 Å². The molecule has 4 heteroatoms. The van der Waals surface area contributed by atoms with Crippen LogP contribution in [-0.4, -0.2) is 49.6 Å². The number of rotatable bonds is 3. The molecule has 1 atom stereocenters. The zero-order valence-electron chi connectivity index (χ0n) is 15.0. The van der Waals surface area contributed by atoms with E-state index >= 15 is 0 Å². The summed E-state index contributed by atoms with van der Waals surface area (Å²) in [5.41, 5.74) is 4.24. The fourth-order valence-corrected chi connectivity index (χ4v) is 4.45. The molecule has 0 N–H and O–H groups in total. The Morgan fingerprint density at radius 2 is 1.83 bits per heavy atom. The summed E-state index contributed by atoms with van der Waals surface area (Å²) in [7, 11) is 0. The Morgan fingerprint density at radius 1 is 1.08 bits per heavy atom. The summed E-state index contributed by atoms with van der Waals surface area (Å²) in [5.74, 6) is 0. The Labute approximate surface area is 145 Å². The SMILES string of the molecule is CC1(C)CCCC1N1CCC(c2ccc(N3CCOCC3)cc2)=N1. The first-order valence-electron chi connectivity index (χ1n) is 9.41. The van der Waals surface area contributed by atoms with Gasteiger partial charge < -0.3 is 9.64 Å². The van der Waals surface area contributed by atoms with Gasteiger partial charge in [-0.05, 0) is 36.0 Å². The smallest absolute Gasteiger partial charge is 0.0696 e. The van der Waals surface area contributed by atoms with Crippen LogP contribution in [-0.2, 0) is 4.74 Å². The van der Waals surface area contributed by atoms with E-state index in [4.69, 9.17) is 9.84 Å². The van der Waals surface area contributed by atoms with E-state index in [2.05, 4.69) is 48.0 Å². The third-order valence-electron chi connectivity index (χ3n) is 5.96. The number of anilines is 1. The summed E-state index contributed by atoms with van der Waals surface area (Å²) < 4.78 is 5.44. The number of hydrogen-bond acceptors (Lipinski definition) is 4. The molecular formula is C20H29N3O. The predicted octanol–water partition coefficient (Wildman–Crippen LogP) is 3.51. The molecule has 130 valence electrons. The van der Waals surface area contributed by atoms with Gasteiger partial charge >= 0.3 is 0 Å². The second-order valence-electron chi connectivity index (χ2n) is 8.00. The molecule has 2 aliphatic heterocycles. The van der Waals surface area contributed by atoms with E-state index in [1.807, 2.05) is 0 Å². The first-order valence-corrected chi connectivity index (χ1v) is 9.41. The van der Waals surface area contributed by atoms with Crippen molar-refractivity contribution in [2.24, 2.45) is 10.5 Å². The molecule has 1 saturated heterocycles. The maximum absolute atomic E-state index is 5.44. The second kappa shape index (κ2) is 6.40. The zero-order chi connectivity index (χ0) is 16.6. The van der Waals surface area contributed by atoms with Crippen molar-refractivity contribution in [1.82, 2.24) is 5.01 Å². The van der Waals surface area contributed by atoms with Gasteiger partial charge in [-0.15, -0.1) is 0 Å². The van der Waals surface area contributed by atoms with Crippen LogP contribution in [0.4, 0.5) is 5.69 Å². The molecule has 3 aliphatic rings. The first kappa shape index (κ1) is 15.9. The Bertz CT molecular complexity index is 602. The van der Waals surface area contributed by atoms with Crippen LogP contribution in [0.5, 0.6) is 0 Å². The van der Waals surface area contributed by atoms with E-state index in [0.29, 0.717) is 11.5 Å². The Morgan fingerprint density at radius 3 is 2.50 bits per heavy atom. The molecule has 1 saturated carbocycles. The molecule has 2 fully saturated rings. The van der Waals surface area contributed by atoms with Crippen LogP contribution < -0.4 is 4.90 Å². The molecule has 1 aromatic carbocycles. The number of hydrogen-bond donors (Lipinski definition) is 0. The average Bonchev–Trinajstić information content (AvgIpc) is 3.22. The number of hydrazone groups is 1. The minimum absolute atomic E-state index is 0.402. The number of morpholine rings is 1. The maximum Gasteiger partial charge on any atom is 0.0696 e. The molecule has 4 rings (SSSR count). The molecule has 0 amide bonds. The van der Waals surface area contributed by atoms with Crippen molar-refractivity contribution in [3.63, 3.8) is 0 Å². The van der Waals surface area contributed by atoms with E-state index in [9.17, 15) is 0 Å². The lowest BCUT2D eigenvalue weighted by Crippen LogP contribution is -2.37. The van der Waals surface area contributed by atoms with Gasteiger partial charge in [0.05, 0.1) is 25.0 Å². The lowest BCUT2D eigenvalue weighted by Gasteiger charge is -2.33. The van der Waals surface area contributed by atoms with E-state index in [1.165, 1.54) is 36.2 Å². The van der Waals surface area contributed by atoms with Crippen molar-refractivity contribution in [1.29, 1.82) is 0 Å². The summed E-state index contributed by atoms with van der Waals surface area (Å²) in [4.78, 5) is 2.40. The standard InChI is InChI=1S/C20H29N3O/c1-20(2)10-3-4-19(20)23-11-9-18(21-23)16-5-7-17(8-6-16)22-12-14-24-15-13-22/h5-8,19H,3-4,9-15H2,1-2H3. The van der Waals surface area contributed by atoms with Crippen LogP contribution in [0, 0.1) is 5.41 Å². The Kier molecular flexibility index (Phi) is 4.25. The van der Waals surface area contributed by atoms with Gasteiger partial charge in [0.25, 0.3) is 0 Å². The molecule has 4 nitrogen and oxygen atoms in total. The Hall–Kier alpha value is -1.55. The largest absolute Gasteiger partial charge is 0.378 e. The molecule has 0 spiro atoms. The molecule has 2 heterocycles. The van der Waals surface area contributed by atoms with E-state index in [1.54, 1.807) is 0 Å². The summed E-state index contributed by atoms with van der Waals surface area (Å²) >= 11 is 0. The van der Waals surface area contributed by atoms with Gasteiger partial charge in [-0.1, -0.05) is 32.4 Å². The highest BCUT2D eigenvalue weighted by Crippen LogP contribution is 2.41. The van der Waals surface area contributed by atoms with Gasteiger partial charge in [-0.2, -0.15) is 5.10 Å². The van der Waals surface area contributed by atoms with Crippen molar-refractivity contribution >= 4 is 11.4 Å². The second-order valence-corrected chi connectivity index (χ2v) is 8.00. The van der Waals surface area contributed by atoms with Gasteiger partial charge in [0.15, 0.2) is 0 Å². The van der Waals surface area contributed by atoms with Crippen LogP contribution in [0.25, 0.3) is 0 Å². The predicted molar refractivity (Wildman–Crippen MR) is 98.8 cm³/mol. The summed E-state index contributed by atoms with van der Waals surface area (Å²) in [5, 5.41) is 7.37. The van der Waals surface area contributed by atoms with Gasteiger partial charge in [0.1, 0.15) is 0 Å². The molecule has 1 aliphatic carbocycles. The van der Waals surface area contributed by atoms with Crippen LogP contribution in [0.1, 0.15) is 45.1 Å². The maximum atomic E-state index is 5.44. The zero-order valence-corrected chi connectivity index (χ0v) is 15.0. The van der Waals surface area contributed by atoms with Crippen molar-refractivity contribution in [3.8, 4) is 0 Å².